The molecule has 1 fully saturated rings. The van der Waals surface area contributed by atoms with Gasteiger partial charge in [-0.15, -0.1) is 0 Å². The summed E-state index contributed by atoms with van der Waals surface area (Å²) in [5.74, 6) is 0.672. The Balaban J connectivity index is 1.49. The van der Waals surface area contributed by atoms with Crippen molar-refractivity contribution in [1.29, 1.82) is 0 Å². The molecular formula is C16H24N2O4. The highest BCUT2D eigenvalue weighted by atomic mass is 16.5. The summed E-state index contributed by atoms with van der Waals surface area (Å²) in [5.41, 5.74) is 0. The van der Waals surface area contributed by atoms with Crippen molar-refractivity contribution in [3.63, 3.8) is 0 Å². The Morgan fingerprint density at radius 2 is 2.18 bits per heavy atom. The van der Waals surface area contributed by atoms with Crippen LogP contribution in [0.4, 0.5) is 0 Å². The van der Waals surface area contributed by atoms with Crippen molar-refractivity contribution in [2.75, 3.05) is 53.1 Å². The summed E-state index contributed by atoms with van der Waals surface area (Å²) in [5, 5.41) is 2.83. The van der Waals surface area contributed by atoms with Gasteiger partial charge in [0.1, 0.15) is 19.0 Å². The number of hydrogen-bond acceptors (Lipinski definition) is 5. The largest absolute Gasteiger partial charge is 0.491 e. The fourth-order valence-corrected chi connectivity index (χ4v) is 2.17. The normalized spacial score (nSPS) is 18.9. The van der Waals surface area contributed by atoms with E-state index >= 15 is 0 Å². The maximum atomic E-state index is 11.7. The van der Waals surface area contributed by atoms with Crippen molar-refractivity contribution in [2.24, 2.45) is 0 Å². The van der Waals surface area contributed by atoms with Gasteiger partial charge in [0.2, 0.25) is 5.91 Å². The fraction of sp³-hybridized carbons (Fsp3) is 0.562. The molecule has 1 aliphatic rings. The van der Waals surface area contributed by atoms with Gasteiger partial charge in [0, 0.05) is 19.6 Å². The number of likely N-dealkylation sites (N-methyl/N-ethyl adjacent to an activating group) is 1. The van der Waals surface area contributed by atoms with Gasteiger partial charge in [0.15, 0.2) is 0 Å². The van der Waals surface area contributed by atoms with Gasteiger partial charge in [0.25, 0.3) is 0 Å². The number of carbonyl (C=O) groups excluding carboxylic acids is 1. The molecule has 122 valence electrons. The van der Waals surface area contributed by atoms with Crippen molar-refractivity contribution >= 4 is 5.91 Å². The minimum absolute atomic E-state index is 0.0424. The van der Waals surface area contributed by atoms with E-state index in [9.17, 15) is 4.79 Å². The van der Waals surface area contributed by atoms with Gasteiger partial charge in [-0.2, -0.15) is 0 Å². The molecule has 2 rings (SSSR count). The van der Waals surface area contributed by atoms with Crippen LogP contribution in [-0.4, -0.2) is 70.0 Å². The van der Waals surface area contributed by atoms with Crippen LogP contribution in [0.2, 0.25) is 0 Å². The Morgan fingerprint density at radius 1 is 1.36 bits per heavy atom. The topological polar surface area (TPSA) is 60.0 Å². The van der Waals surface area contributed by atoms with E-state index in [4.69, 9.17) is 14.2 Å². The highest BCUT2D eigenvalue weighted by Gasteiger charge is 2.18. The van der Waals surface area contributed by atoms with E-state index in [0.29, 0.717) is 26.4 Å². The van der Waals surface area contributed by atoms with Crippen LogP contribution >= 0.6 is 0 Å². The van der Waals surface area contributed by atoms with Crippen molar-refractivity contribution in [3.05, 3.63) is 30.3 Å². The summed E-state index contributed by atoms with van der Waals surface area (Å²) < 4.78 is 16.3. The second-order valence-corrected chi connectivity index (χ2v) is 5.27. The average Bonchev–Trinajstić information content (AvgIpc) is 2.54. The van der Waals surface area contributed by atoms with Crippen molar-refractivity contribution < 1.29 is 19.0 Å². The molecule has 1 unspecified atom stereocenters. The van der Waals surface area contributed by atoms with Crippen LogP contribution < -0.4 is 10.1 Å². The molecule has 0 radical (unpaired) electrons. The minimum Gasteiger partial charge on any atom is -0.491 e. The summed E-state index contributed by atoms with van der Waals surface area (Å²) in [4.78, 5) is 13.8. The van der Waals surface area contributed by atoms with Gasteiger partial charge in [-0.05, 0) is 19.2 Å². The first-order valence-electron chi connectivity index (χ1n) is 7.56. The molecule has 0 aromatic heterocycles. The van der Waals surface area contributed by atoms with Crippen molar-refractivity contribution in [1.82, 2.24) is 10.2 Å². The number of para-hydroxylation sites is 1. The standard InChI is InChI=1S/C16H24N2O4/c1-18-7-8-21-15(12-18)11-17-16(19)13-20-9-10-22-14-5-3-2-4-6-14/h2-6,15H,7-13H2,1H3,(H,17,19). The fourth-order valence-electron chi connectivity index (χ4n) is 2.17. The van der Waals surface area contributed by atoms with E-state index in [0.717, 1.165) is 18.8 Å². The van der Waals surface area contributed by atoms with Gasteiger partial charge < -0.3 is 24.4 Å². The van der Waals surface area contributed by atoms with Crippen LogP contribution in [0.1, 0.15) is 0 Å². The third-order valence-electron chi connectivity index (χ3n) is 3.34. The SMILES string of the molecule is CN1CCOC(CNC(=O)COCCOc2ccccc2)C1. The Kier molecular flexibility index (Phi) is 7.15. The molecule has 0 spiro atoms. The lowest BCUT2D eigenvalue weighted by molar-refractivity contribution is -0.127. The molecule has 1 atom stereocenters. The smallest absolute Gasteiger partial charge is 0.246 e. The number of benzene rings is 1. The first-order valence-corrected chi connectivity index (χ1v) is 7.56. The zero-order valence-electron chi connectivity index (χ0n) is 13.0. The molecule has 1 saturated heterocycles. The third-order valence-corrected chi connectivity index (χ3v) is 3.34. The molecule has 1 N–H and O–H groups in total. The predicted octanol–water partition coefficient (Wildman–Crippen LogP) is 0.529. The summed E-state index contributed by atoms with van der Waals surface area (Å²) >= 11 is 0. The monoisotopic (exact) mass is 308 g/mol. The van der Waals surface area contributed by atoms with Gasteiger partial charge in [-0.25, -0.2) is 0 Å². The van der Waals surface area contributed by atoms with Gasteiger partial charge in [0.05, 0.1) is 19.3 Å². The molecule has 1 aliphatic heterocycles. The number of morpholine rings is 1. The molecule has 1 aromatic rings. The number of nitrogens with one attached hydrogen (secondary N) is 1. The summed E-state index contributed by atoms with van der Waals surface area (Å²) in [6.45, 7) is 3.86. The Morgan fingerprint density at radius 3 is 2.95 bits per heavy atom. The Labute approximate surface area is 131 Å². The number of hydrogen-bond donors (Lipinski definition) is 1. The van der Waals surface area contributed by atoms with E-state index in [1.165, 1.54) is 0 Å². The van der Waals surface area contributed by atoms with E-state index in [1.54, 1.807) is 0 Å². The van der Waals surface area contributed by atoms with Crippen LogP contribution in [0.3, 0.4) is 0 Å². The van der Waals surface area contributed by atoms with Crippen molar-refractivity contribution in [2.45, 2.75) is 6.10 Å². The van der Waals surface area contributed by atoms with E-state index in [2.05, 4.69) is 10.2 Å². The lowest BCUT2D eigenvalue weighted by Crippen LogP contribution is -2.46. The van der Waals surface area contributed by atoms with Crippen LogP contribution in [0.15, 0.2) is 30.3 Å². The van der Waals surface area contributed by atoms with E-state index < -0.39 is 0 Å². The number of nitrogens with zero attached hydrogens (tertiary/aromatic N) is 1. The highest BCUT2D eigenvalue weighted by Crippen LogP contribution is 2.07. The number of ether oxygens (including phenoxy) is 3. The van der Waals surface area contributed by atoms with E-state index in [-0.39, 0.29) is 18.6 Å². The lowest BCUT2D eigenvalue weighted by atomic mass is 10.3. The molecule has 0 saturated carbocycles. The second kappa shape index (κ2) is 9.40. The molecule has 0 bridgehead atoms. The maximum Gasteiger partial charge on any atom is 0.246 e. The molecule has 1 heterocycles. The van der Waals surface area contributed by atoms with Crippen LogP contribution in [0.25, 0.3) is 0 Å². The molecule has 6 nitrogen and oxygen atoms in total. The third kappa shape index (κ3) is 6.43. The minimum atomic E-state index is -0.128. The zero-order chi connectivity index (χ0) is 15.6. The Hall–Kier alpha value is -1.63. The quantitative estimate of drug-likeness (QED) is 0.710. The van der Waals surface area contributed by atoms with Gasteiger partial charge in [-0.1, -0.05) is 18.2 Å². The number of amides is 1. The molecule has 6 heteroatoms. The van der Waals surface area contributed by atoms with E-state index in [1.807, 2.05) is 37.4 Å². The molecule has 22 heavy (non-hydrogen) atoms. The first kappa shape index (κ1) is 16.7. The van der Waals surface area contributed by atoms with Crippen LogP contribution in [0.5, 0.6) is 5.75 Å². The van der Waals surface area contributed by atoms with Crippen molar-refractivity contribution in [3.8, 4) is 5.75 Å². The summed E-state index contributed by atoms with van der Waals surface area (Å²) in [6.07, 6.45) is 0.0594. The van der Waals surface area contributed by atoms with Gasteiger partial charge in [-0.3, -0.25) is 4.79 Å². The summed E-state index contributed by atoms with van der Waals surface area (Å²) in [6, 6.07) is 9.52. The molecule has 1 aromatic carbocycles. The molecule has 0 aliphatic carbocycles. The molecular weight excluding hydrogens is 284 g/mol. The number of rotatable bonds is 8. The summed E-state index contributed by atoms with van der Waals surface area (Å²) in [7, 11) is 2.05. The highest BCUT2D eigenvalue weighted by molar-refractivity contribution is 5.77. The predicted molar refractivity (Wildman–Crippen MR) is 83.0 cm³/mol. The average molecular weight is 308 g/mol. The first-order chi connectivity index (χ1) is 10.7. The zero-order valence-corrected chi connectivity index (χ0v) is 13.0. The number of carbonyl (C=O) groups is 1. The van der Waals surface area contributed by atoms with Crippen LogP contribution in [-0.2, 0) is 14.3 Å². The Bertz CT molecular complexity index is 441. The van der Waals surface area contributed by atoms with Gasteiger partial charge >= 0.3 is 0 Å². The van der Waals surface area contributed by atoms with Crippen LogP contribution in [0, 0.1) is 0 Å². The second-order valence-electron chi connectivity index (χ2n) is 5.27. The maximum absolute atomic E-state index is 11.7. The molecule has 1 amide bonds. The lowest BCUT2D eigenvalue weighted by Gasteiger charge is -2.30.